The van der Waals surface area contributed by atoms with E-state index in [1.165, 1.54) is 14.2 Å². The summed E-state index contributed by atoms with van der Waals surface area (Å²) < 4.78 is 42.2. The zero-order chi connectivity index (χ0) is 18.0. The maximum absolute atomic E-state index is 12.4. The number of carbonyl (C=O) groups is 1. The second-order valence-corrected chi connectivity index (χ2v) is 5.51. The van der Waals surface area contributed by atoms with Crippen LogP contribution in [0.5, 0.6) is 0 Å². The Balaban J connectivity index is 0.00000576. The van der Waals surface area contributed by atoms with Crippen molar-refractivity contribution in [3.8, 4) is 0 Å². The molecule has 0 atom stereocenters. The maximum atomic E-state index is 12.4. The van der Waals surface area contributed by atoms with Crippen molar-refractivity contribution < 1.29 is 22.7 Å². The van der Waals surface area contributed by atoms with Gasteiger partial charge < -0.3 is 20.7 Å². The zero-order valence-electron chi connectivity index (χ0n) is 13.8. The molecule has 144 valence electrons. The van der Waals surface area contributed by atoms with E-state index >= 15 is 0 Å². The average molecular weight is 495 g/mol. The van der Waals surface area contributed by atoms with Gasteiger partial charge in [0.05, 0.1) is 18.2 Å². The molecule has 12 heteroatoms. The van der Waals surface area contributed by atoms with Crippen LogP contribution in [0.2, 0.25) is 0 Å². The first-order chi connectivity index (χ1) is 11.4. The molecule has 0 bridgehead atoms. The van der Waals surface area contributed by atoms with Gasteiger partial charge in [0.15, 0.2) is 11.7 Å². The van der Waals surface area contributed by atoms with E-state index in [1.807, 2.05) is 0 Å². The number of nitrogens with zero attached hydrogens (tertiary/aromatic N) is 2. The molecule has 0 saturated heterocycles. The van der Waals surface area contributed by atoms with Crippen LogP contribution in [-0.4, -0.2) is 57.2 Å². The van der Waals surface area contributed by atoms with E-state index in [4.69, 9.17) is 4.74 Å². The van der Waals surface area contributed by atoms with Gasteiger partial charge in [0.2, 0.25) is 5.91 Å². The van der Waals surface area contributed by atoms with Crippen molar-refractivity contribution in [2.75, 3.05) is 40.4 Å². The van der Waals surface area contributed by atoms with Gasteiger partial charge in [-0.1, -0.05) is 0 Å². The van der Waals surface area contributed by atoms with Gasteiger partial charge in [0, 0.05) is 39.0 Å². The van der Waals surface area contributed by atoms with Gasteiger partial charge >= 0.3 is 6.18 Å². The number of ether oxygens (including phenoxy) is 1. The SMILES string of the molecule is CN=C(NCCc1nc(C(F)(F)F)cs1)NCC(=O)NCCOC.I. The third-order valence-electron chi connectivity index (χ3n) is 2.74. The summed E-state index contributed by atoms with van der Waals surface area (Å²) in [5.74, 6) is 0.161. The van der Waals surface area contributed by atoms with Crippen molar-refractivity contribution in [1.29, 1.82) is 0 Å². The van der Waals surface area contributed by atoms with Crippen LogP contribution in [0.3, 0.4) is 0 Å². The van der Waals surface area contributed by atoms with Crippen LogP contribution in [-0.2, 0) is 22.1 Å². The van der Waals surface area contributed by atoms with Crippen molar-refractivity contribution in [3.63, 3.8) is 0 Å². The van der Waals surface area contributed by atoms with Crippen molar-refractivity contribution in [1.82, 2.24) is 20.9 Å². The molecule has 0 aliphatic rings. The number of amides is 1. The largest absolute Gasteiger partial charge is 0.434 e. The first-order valence-electron chi connectivity index (χ1n) is 7.08. The zero-order valence-corrected chi connectivity index (χ0v) is 16.9. The van der Waals surface area contributed by atoms with Crippen LogP contribution in [0.1, 0.15) is 10.7 Å². The first-order valence-corrected chi connectivity index (χ1v) is 7.96. The van der Waals surface area contributed by atoms with Gasteiger partial charge in [-0.15, -0.1) is 35.3 Å². The monoisotopic (exact) mass is 495 g/mol. The summed E-state index contributed by atoms with van der Waals surface area (Å²) in [6, 6.07) is 0. The Bertz CT molecular complexity index is 554. The second kappa shape index (κ2) is 12.2. The van der Waals surface area contributed by atoms with Gasteiger partial charge in [-0.2, -0.15) is 13.2 Å². The highest BCUT2D eigenvalue weighted by Gasteiger charge is 2.33. The number of alkyl halides is 3. The van der Waals surface area contributed by atoms with E-state index in [1.54, 1.807) is 0 Å². The van der Waals surface area contributed by atoms with Crippen molar-refractivity contribution >= 4 is 47.2 Å². The highest BCUT2D eigenvalue weighted by Crippen LogP contribution is 2.29. The minimum atomic E-state index is -4.42. The molecule has 0 radical (unpaired) electrons. The van der Waals surface area contributed by atoms with Gasteiger partial charge in [-0.3, -0.25) is 9.79 Å². The van der Waals surface area contributed by atoms with E-state index in [-0.39, 0.29) is 36.4 Å². The van der Waals surface area contributed by atoms with E-state index < -0.39 is 11.9 Å². The minimum absolute atomic E-state index is 0. The Morgan fingerprint density at radius 1 is 1.32 bits per heavy atom. The second-order valence-electron chi connectivity index (χ2n) is 4.57. The Kier molecular flexibility index (Phi) is 11.7. The molecule has 0 fully saturated rings. The van der Waals surface area contributed by atoms with Crippen LogP contribution in [0.4, 0.5) is 13.2 Å². The Labute approximate surface area is 164 Å². The molecule has 1 aromatic rings. The fourth-order valence-electron chi connectivity index (χ4n) is 1.58. The summed E-state index contributed by atoms with van der Waals surface area (Å²) >= 11 is 0.958. The van der Waals surface area contributed by atoms with Crippen molar-refractivity contribution in [3.05, 3.63) is 16.1 Å². The van der Waals surface area contributed by atoms with Crippen molar-refractivity contribution in [2.45, 2.75) is 12.6 Å². The normalized spacial score (nSPS) is 11.6. The Morgan fingerprint density at radius 3 is 2.60 bits per heavy atom. The molecule has 1 amide bonds. The number of aromatic nitrogens is 1. The van der Waals surface area contributed by atoms with Crippen molar-refractivity contribution in [2.24, 2.45) is 4.99 Å². The molecular weight excluding hydrogens is 474 g/mol. The lowest BCUT2D eigenvalue weighted by Gasteiger charge is -2.11. The quantitative estimate of drug-likeness (QED) is 0.219. The number of aliphatic imine (C=N–C) groups is 1. The fraction of sp³-hybridized carbons (Fsp3) is 0.615. The van der Waals surface area contributed by atoms with Gasteiger partial charge in [-0.25, -0.2) is 4.98 Å². The average Bonchev–Trinajstić information content (AvgIpc) is 3.00. The van der Waals surface area contributed by atoms with E-state index in [0.717, 1.165) is 16.7 Å². The van der Waals surface area contributed by atoms with Gasteiger partial charge in [0.25, 0.3) is 0 Å². The lowest BCUT2D eigenvalue weighted by Crippen LogP contribution is -2.44. The lowest BCUT2D eigenvalue weighted by molar-refractivity contribution is -0.140. The van der Waals surface area contributed by atoms with E-state index in [2.05, 4.69) is 25.9 Å². The number of halogens is 4. The molecule has 1 aromatic heterocycles. The minimum Gasteiger partial charge on any atom is -0.383 e. The lowest BCUT2D eigenvalue weighted by atomic mass is 10.4. The molecule has 0 unspecified atom stereocenters. The van der Waals surface area contributed by atoms with Crippen LogP contribution >= 0.6 is 35.3 Å². The molecule has 1 heterocycles. The number of hydrogen-bond donors (Lipinski definition) is 3. The highest BCUT2D eigenvalue weighted by molar-refractivity contribution is 14.0. The number of thiazole rings is 1. The topological polar surface area (TPSA) is 87.6 Å². The molecule has 0 aromatic carbocycles. The van der Waals surface area contributed by atoms with Gasteiger partial charge in [-0.05, 0) is 0 Å². The summed E-state index contributed by atoms with van der Waals surface area (Å²) in [6.45, 7) is 1.20. The maximum Gasteiger partial charge on any atom is 0.434 e. The van der Waals surface area contributed by atoms with E-state index in [9.17, 15) is 18.0 Å². The third-order valence-corrected chi connectivity index (χ3v) is 3.65. The summed E-state index contributed by atoms with van der Waals surface area (Å²) in [4.78, 5) is 19.0. The summed E-state index contributed by atoms with van der Waals surface area (Å²) in [7, 11) is 3.07. The molecule has 0 aliphatic carbocycles. The highest BCUT2D eigenvalue weighted by atomic mass is 127. The number of rotatable bonds is 8. The smallest absolute Gasteiger partial charge is 0.383 e. The first kappa shape index (κ1) is 23.9. The molecular formula is C13H21F3IN5O2S. The molecule has 1 rings (SSSR count). The number of methoxy groups -OCH3 is 1. The summed E-state index contributed by atoms with van der Waals surface area (Å²) in [6.07, 6.45) is -4.10. The molecule has 0 saturated carbocycles. The van der Waals surface area contributed by atoms with Crippen LogP contribution < -0.4 is 16.0 Å². The van der Waals surface area contributed by atoms with E-state index in [0.29, 0.717) is 37.1 Å². The Hall–Kier alpha value is -1.15. The number of guanidine groups is 1. The molecule has 0 spiro atoms. The molecule has 7 nitrogen and oxygen atoms in total. The molecule has 25 heavy (non-hydrogen) atoms. The molecule has 3 N–H and O–H groups in total. The third kappa shape index (κ3) is 9.79. The number of carbonyl (C=O) groups excluding carboxylic acids is 1. The predicted molar refractivity (Wildman–Crippen MR) is 100 cm³/mol. The summed E-state index contributed by atoms with van der Waals surface area (Å²) in [5, 5.41) is 9.72. The number of hydrogen-bond acceptors (Lipinski definition) is 5. The van der Waals surface area contributed by atoms with Crippen LogP contribution in [0.25, 0.3) is 0 Å². The van der Waals surface area contributed by atoms with Crippen LogP contribution in [0, 0.1) is 0 Å². The Morgan fingerprint density at radius 2 is 2.04 bits per heavy atom. The van der Waals surface area contributed by atoms with Crippen LogP contribution in [0.15, 0.2) is 10.4 Å². The standard InChI is InChI=1S/C13H20F3N5O2S.HI/c1-17-12(20-7-10(22)18-5-6-23-2)19-4-3-11-21-9(8-24-11)13(14,15)16;/h8H,3-7H2,1-2H3,(H,18,22)(H2,17,19,20);1H. The van der Waals surface area contributed by atoms with Gasteiger partial charge in [0.1, 0.15) is 0 Å². The summed E-state index contributed by atoms with van der Waals surface area (Å²) in [5.41, 5.74) is -0.877. The predicted octanol–water partition coefficient (Wildman–Crippen LogP) is 1.25. The fourth-order valence-corrected chi connectivity index (χ4v) is 2.39. The number of nitrogens with one attached hydrogen (secondary N) is 3. The molecule has 0 aliphatic heterocycles.